The summed E-state index contributed by atoms with van der Waals surface area (Å²) in [7, 11) is 0. The Kier molecular flexibility index (Phi) is 7.81. The van der Waals surface area contributed by atoms with Gasteiger partial charge in [-0.15, -0.1) is 0 Å². The molecule has 0 atom stereocenters. The number of aromatic nitrogens is 6. The molecule has 0 aliphatic rings. The number of rotatable bonds is 5. The van der Waals surface area contributed by atoms with Crippen molar-refractivity contribution in [2.75, 3.05) is 0 Å². The SMILES string of the molecule is N#Cc1c(-n2c3cccc4c5ccncc5c5cccc2c5c43)c(-c2ccccc2)c(-n2c3cccc4c5ccncc5c5cccc2c5c43)c(-c2ccccc2)c1-n1c2cccc3c4ccccc4c4ccnc1c4c32. The molecular weight excluding hydrogens is 939 g/mol. The highest BCUT2D eigenvalue weighted by molar-refractivity contribution is 6.37. The molecule has 0 fully saturated rings. The Bertz CT molecular complexity index is 5070. The molecule has 6 aromatic heterocycles. The Morgan fingerprint density at radius 2 is 0.649 bits per heavy atom. The maximum absolute atomic E-state index is 12.8. The van der Waals surface area contributed by atoms with E-state index in [0.29, 0.717) is 5.56 Å². The van der Waals surface area contributed by atoms with Crippen LogP contribution in [0.1, 0.15) is 5.56 Å². The van der Waals surface area contributed by atoms with Gasteiger partial charge in [0, 0.05) is 85.2 Å². The molecule has 12 aromatic carbocycles. The molecule has 0 aliphatic heterocycles. The van der Waals surface area contributed by atoms with Crippen LogP contribution >= 0.6 is 0 Å². The van der Waals surface area contributed by atoms with Crippen molar-refractivity contribution >= 4 is 130 Å². The van der Waals surface area contributed by atoms with Crippen LogP contribution in [0.15, 0.2) is 225 Å². The van der Waals surface area contributed by atoms with Gasteiger partial charge in [-0.05, 0) is 114 Å². The van der Waals surface area contributed by atoms with E-state index in [2.05, 4.69) is 219 Å². The highest BCUT2D eigenvalue weighted by Crippen LogP contribution is 2.55. The predicted octanol–water partition coefficient (Wildman–Crippen LogP) is 17.6. The largest absolute Gasteiger partial charge is 0.308 e. The van der Waals surface area contributed by atoms with Crippen LogP contribution < -0.4 is 0 Å². The summed E-state index contributed by atoms with van der Waals surface area (Å²) < 4.78 is 7.27. The Hall–Kier alpha value is -10.7. The summed E-state index contributed by atoms with van der Waals surface area (Å²) in [5.41, 5.74) is 12.7. The second-order valence-corrected chi connectivity index (χ2v) is 20.5. The van der Waals surface area contributed by atoms with Gasteiger partial charge in [0.15, 0.2) is 0 Å². The van der Waals surface area contributed by atoms with Gasteiger partial charge in [-0.1, -0.05) is 146 Å². The third-order valence-electron chi connectivity index (χ3n) is 16.9. The highest BCUT2D eigenvalue weighted by Gasteiger charge is 2.35. The van der Waals surface area contributed by atoms with Crippen LogP contribution in [0.5, 0.6) is 0 Å². The molecule has 0 saturated heterocycles. The fraction of sp³-hybridized carbons (Fsp3) is 0. The molecule has 0 saturated carbocycles. The molecule has 0 bridgehead atoms. The van der Waals surface area contributed by atoms with E-state index in [4.69, 9.17) is 9.97 Å². The quantitative estimate of drug-likeness (QED) is 0.161. The average Bonchev–Trinajstić information content (AvgIpc) is 4.32. The number of pyridine rings is 3. The first-order valence-corrected chi connectivity index (χ1v) is 26.1. The topological polar surface area (TPSA) is 77.2 Å². The number of hydrogen-bond donors (Lipinski definition) is 0. The summed E-state index contributed by atoms with van der Waals surface area (Å²) in [6.45, 7) is 0. The molecule has 0 amide bonds. The molecule has 0 radical (unpaired) electrons. The minimum atomic E-state index is 0.526. The average molecular weight is 976 g/mol. The zero-order valence-electron chi connectivity index (χ0n) is 41.0. The molecule has 7 nitrogen and oxygen atoms in total. The fourth-order valence-corrected chi connectivity index (χ4v) is 14.1. The monoisotopic (exact) mass is 975 g/mol. The minimum Gasteiger partial charge on any atom is -0.308 e. The van der Waals surface area contributed by atoms with Gasteiger partial charge in [0.2, 0.25) is 0 Å². The Morgan fingerprint density at radius 1 is 0.299 bits per heavy atom. The highest BCUT2D eigenvalue weighted by atomic mass is 15.1. The number of fused-ring (bicyclic) bond motifs is 9. The van der Waals surface area contributed by atoms with Gasteiger partial charge in [-0.25, -0.2) is 4.98 Å². The van der Waals surface area contributed by atoms with Crippen molar-refractivity contribution in [1.82, 2.24) is 28.7 Å². The smallest absolute Gasteiger partial charge is 0.146 e. The standard InChI is InChI=1S/C70H37N7/c71-36-51-67(75-54-25-9-21-46-43-30-33-72-37-52(43)48-23-12-26-55(75)63(48)61(46)54)59(39-14-3-1-4-15-39)69(76-56-27-10-22-47-44-31-34-73-38-53(44)49-24-13-28-57(76)64(49)62(47)56)60(40-16-5-2-6-17-40)68(51)77-58-29-11-20-45-41-18-7-8-19-42(41)50-32-35-74-70(77)66(50)65(45)58/h1-35,37-38H. The van der Waals surface area contributed by atoms with Crippen molar-refractivity contribution in [2.45, 2.75) is 0 Å². The molecule has 77 heavy (non-hydrogen) atoms. The Balaban J connectivity index is 1.17. The first kappa shape index (κ1) is 40.8. The van der Waals surface area contributed by atoms with Crippen LogP contribution in [-0.2, 0) is 0 Å². The lowest BCUT2D eigenvalue weighted by Gasteiger charge is -2.28. The van der Waals surface area contributed by atoms with Gasteiger partial charge >= 0.3 is 0 Å². The number of hydrogen-bond acceptors (Lipinski definition) is 4. The molecule has 6 heterocycles. The maximum atomic E-state index is 12.8. The summed E-state index contributed by atoms with van der Waals surface area (Å²) in [5, 5.41) is 33.3. The Morgan fingerprint density at radius 3 is 1.12 bits per heavy atom. The zero-order valence-corrected chi connectivity index (χ0v) is 41.0. The predicted molar refractivity (Wildman–Crippen MR) is 317 cm³/mol. The minimum absolute atomic E-state index is 0.526. The molecule has 0 N–H and O–H groups in total. The first-order chi connectivity index (χ1) is 38.3. The van der Waals surface area contributed by atoms with Gasteiger partial charge in [0.05, 0.1) is 44.6 Å². The number of nitrogens with zero attached hydrogens (tertiary/aromatic N) is 7. The molecule has 0 unspecified atom stereocenters. The third-order valence-corrected chi connectivity index (χ3v) is 16.9. The summed E-state index contributed by atoms with van der Waals surface area (Å²) in [6.07, 6.45) is 9.75. The van der Waals surface area contributed by atoms with Crippen LogP contribution in [0.4, 0.5) is 0 Å². The van der Waals surface area contributed by atoms with Crippen molar-refractivity contribution in [2.24, 2.45) is 0 Å². The lowest BCUT2D eigenvalue weighted by atomic mass is 9.88. The van der Waals surface area contributed by atoms with Gasteiger partial charge in [0.25, 0.3) is 0 Å². The van der Waals surface area contributed by atoms with Crippen LogP contribution in [0.25, 0.3) is 169 Å². The zero-order chi connectivity index (χ0) is 50.2. The summed E-state index contributed by atoms with van der Waals surface area (Å²) in [4.78, 5) is 14.8. The first-order valence-electron chi connectivity index (χ1n) is 26.1. The van der Waals surface area contributed by atoms with E-state index in [0.717, 1.165) is 143 Å². The van der Waals surface area contributed by atoms with Crippen LogP contribution in [-0.4, -0.2) is 28.7 Å². The van der Waals surface area contributed by atoms with E-state index in [-0.39, 0.29) is 0 Å². The molecule has 0 spiro atoms. The van der Waals surface area contributed by atoms with Crippen molar-refractivity contribution in [3.05, 3.63) is 231 Å². The summed E-state index contributed by atoms with van der Waals surface area (Å²) >= 11 is 0. The van der Waals surface area contributed by atoms with Gasteiger partial charge in [-0.3, -0.25) is 14.5 Å². The van der Waals surface area contributed by atoms with Crippen molar-refractivity contribution < 1.29 is 0 Å². The van der Waals surface area contributed by atoms with Crippen LogP contribution in [0.3, 0.4) is 0 Å². The molecule has 7 heteroatoms. The molecule has 352 valence electrons. The van der Waals surface area contributed by atoms with Crippen molar-refractivity contribution in [1.29, 1.82) is 5.26 Å². The van der Waals surface area contributed by atoms with Crippen LogP contribution in [0, 0.1) is 11.3 Å². The molecule has 18 aromatic rings. The van der Waals surface area contributed by atoms with Crippen molar-refractivity contribution in [3.63, 3.8) is 0 Å². The summed E-state index contributed by atoms with van der Waals surface area (Å²) in [5.74, 6) is 0. The van der Waals surface area contributed by atoms with E-state index >= 15 is 0 Å². The van der Waals surface area contributed by atoms with E-state index in [9.17, 15) is 5.26 Å². The summed E-state index contributed by atoms with van der Waals surface area (Å²) in [6, 6.07) is 73.0. The second kappa shape index (κ2) is 14.8. The normalized spacial score (nSPS) is 12.4. The van der Waals surface area contributed by atoms with Crippen molar-refractivity contribution in [3.8, 4) is 45.4 Å². The Labute approximate surface area is 438 Å². The molecular formula is C70H37N7. The van der Waals surface area contributed by atoms with E-state index in [1.165, 1.54) is 26.9 Å². The fourth-order valence-electron chi connectivity index (χ4n) is 14.1. The van der Waals surface area contributed by atoms with Crippen LogP contribution in [0.2, 0.25) is 0 Å². The third kappa shape index (κ3) is 5.02. The lowest BCUT2D eigenvalue weighted by molar-refractivity contribution is 1.08. The van der Waals surface area contributed by atoms with Gasteiger partial charge in [0.1, 0.15) is 17.3 Å². The van der Waals surface area contributed by atoms with E-state index in [1.807, 2.05) is 31.0 Å². The number of benzene rings is 12. The van der Waals surface area contributed by atoms with E-state index < -0.39 is 0 Å². The molecule has 18 rings (SSSR count). The lowest BCUT2D eigenvalue weighted by Crippen LogP contribution is -2.13. The van der Waals surface area contributed by atoms with Gasteiger partial charge < -0.3 is 9.13 Å². The second-order valence-electron chi connectivity index (χ2n) is 20.5. The number of nitriles is 1. The molecule has 0 aliphatic carbocycles. The maximum Gasteiger partial charge on any atom is 0.146 e. The van der Waals surface area contributed by atoms with E-state index in [1.54, 1.807) is 0 Å². The van der Waals surface area contributed by atoms with Gasteiger partial charge in [-0.2, -0.15) is 5.26 Å².